The minimum absolute atomic E-state index is 0.00745. The molecule has 1 aliphatic heterocycles. The molecule has 0 aromatic heterocycles. The number of nitrogens with one attached hydrogen (secondary N) is 1. The van der Waals surface area contributed by atoms with Crippen LogP contribution >= 0.6 is 23.2 Å². The molecule has 1 saturated heterocycles. The lowest BCUT2D eigenvalue weighted by Crippen LogP contribution is -2.50. The van der Waals surface area contributed by atoms with Crippen LogP contribution in [0.5, 0.6) is 0 Å². The van der Waals surface area contributed by atoms with E-state index in [1.165, 1.54) is 25.7 Å². The van der Waals surface area contributed by atoms with Crippen molar-refractivity contribution in [1.29, 1.82) is 0 Å². The Morgan fingerprint density at radius 2 is 1.85 bits per heavy atom. The fraction of sp³-hybridized carbons (Fsp3) is 0.625. The van der Waals surface area contributed by atoms with Gasteiger partial charge in [0, 0.05) is 18.7 Å². The Morgan fingerprint density at radius 3 is 2.60 bits per heavy atom. The number of ether oxygens (including phenoxy) is 1. The van der Waals surface area contributed by atoms with Crippen LogP contribution in [0, 0.1) is 0 Å². The number of halogens is 2. The molecule has 1 heterocycles. The maximum Gasteiger partial charge on any atom is 0.0972 e. The third kappa shape index (κ3) is 2.99. The molecule has 1 saturated carbocycles. The standard InChI is InChI=1S/C16H21Cl2NO/c17-13-7-5-6-12(15(13)18)14-10-19-11-16(20-14)8-3-1-2-4-9-16/h5-7,14,19H,1-4,8-11H2. The van der Waals surface area contributed by atoms with Crippen LogP contribution in [0.1, 0.15) is 50.2 Å². The molecule has 2 aliphatic rings. The van der Waals surface area contributed by atoms with Gasteiger partial charge < -0.3 is 10.1 Å². The van der Waals surface area contributed by atoms with Crippen molar-refractivity contribution in [3.63, 3.8) is 0 Å². The van der Waals surface area contributed by atoms with Gasteiger partial charge in [-0.1, -0.05) is 61.0 Å². The van der Waals surface area contributed by atoms with Gasteiger partial charge in [0.15, 0.2) is 0 Å². The first-order valence-electron chi connectivity index (χ1n) is 7.53. The zero-order chi connectivity index (χ0) is 14.0. The molecule has 3 rings (SSSR count). The van der Waals surface area contributed by atoms with Gasteiger partial charge in [-0.15, -0.1) is 0 Å². The second kappa shape index (κ2) is 6.23. The lowest BCUT2D eigenvalue weighted by Gasteiger charge is -2.42. The Hall–Kier alpha value is -0.280. The average molecular weight is 314 g/mol. The Kier molecular flexibility index (Phi) is 4.56. The summed E-state index contributed by atoms with van der Waals surface area (Å²) in [6.45, 7) is 1.77. The predicted octanol–water partition coefficient (Wildman–Crippen LogP) is 4.75. The smallest absolute Gasteiger partial charge is 0.0972 e. The summed E-state index contributed by atoms with van der Waals surface area (Å²) >= 11 is 12.5. The van der Waals surface area contributed by atoms with Gasteiger partial charge in [0.1, 0.15) is 0 Å². The summed E-state index contributed by atoms with van der Waals surface area (Å²) in [5.41, 5.74) is 1.00. The second-order valence-corrected chi connectivity index (χ2v) is 6.76. The highest BCUT2D eigenvalue weighted by Crippen LogP contribution is 2.39. The molecule has 0 bridgehead atoms. The molecule has 1 unspecified atom stereocenters. The summed E-state index contributed by atoms with van der Waals surface area (Å²) in [5, 5.41) is 4.78. The molecule has 1 aromatic carbocycles. The van der Waals surface area contributed by atoms with Crippen LogP contribution in [0.3, 0.4) is 0 Å². The van der Waals surface area contributed by atoms with E-state index in [0.717, 1.165) is 31.5 Å². The zero-order valence-corrected chi connectivity index (χ0v) is 13.1. The molecule has 1 aliphatic carbocycles. The number of rotatable bonds is 1. The fourth-order valence-corrected chi connectivity index (χ4v) is 3.86. The van der Waals surface area contributed by atoms with E-state index in [1.807, 2.05) is 18.2 Å². The van der Waals surface area contributed by atoms with E-state index in [1.54, 1.807) is 0 Å². The van der Waals surface area contributed by atoms with Crippen molar-refractivity contribution in [2.24, 2.45) is 0 Å². The quantitative estimate of drug-likeness (QED) is 0.808. The topological polar surface area (TPSA) is 21.3 Å². The molecule has 2 nitrogen and oxygen atoms in total. The Balaban J connectivity index is 1.82. The number of hydrogen-bond donors (Lipinski definition) is 1. The molecule has 1 atom stereocenters. The van der Waals surface area contributed by atoms with Crippen molar-refractivity contribution in [2.45, 2.75) is 50.2 Å². The largest absolute Gasteiger partial charge is 0.364 e. The summed E-state index contributed by atoms with van der Waals surface area (Å²) in [6, 6.07) is 5.79. The second-order valence-electron chi connectivity index (χ2n) is 5.98. The van der Waals surface area contributed by atoms with E-state index in [-0.39, 0.29) is 11.7 Å². The number of benzene rings is 1. The maximum absolute atomic E-state index is 6.51. The molecule has 110 valence electrons. The fourth-order valence-electron chi connectivity index (χ4n) is 3.43. The van der Waals surface area contributed by atoms with Gasteiger partial charge in [-0.3, -0.25) is 0 Å². The van der Waals surface area contributed by atoms with Crippen LogP contribution in [0.25, 0.3) is 0 Å². The molecule has 1 spiro atoms. The van der Waals surface area contributed by atoms with Gasteiger partial charge in [-0.25, -0.2) is 0 Å². The molecule has 1 aromatic rings. The lowest BCUT2D eigenvalue weighted by atomic mass is 9.91. The van der Waals surface area contributed by atoms with E-state index < -0.39 is 0 Å². The van der Waals surface area contributed by atoms with Crippen LogP contribution in [0.4, 0.5) is 0 Å². The SMILES string of the molecule is Clc1cccc(C2CNCC3(CCCCCC3)O2)c1Cl. The first-order valence-corrected chi connectivity index (χ1v) is 8.28. The third-order valence-electron chi connectivity index (χ3n) is 4.51. The normalized spacial score (nSPS) is 26.4. The lowest BCUT2D eigenvalue weighted by molar-refractivity contribution is -0.126. The van der Waals surface area contributed by atoms with Crippen molar-refractivity contribution in [2.75, 3.05) is 13.1 Å². The van der Waals surface area contributed by atoms with Crippen molar-refractivity contribution >= 4 is 23.2 Å². The minimum atomic E-state index is -0.00887. The van der Waals surface area contributed by atoms with Crippen LogP contribution < -0.4 is 5.32 Å². The van der Waals surface area contributed by atoms with E-state index in [2.05, 4.69) is 5.32 Å². The van der Waals surface area contributed by atoms with E-state index in [4.69, 9.17) is 27.9 Å². The Morgan fingerprint density at radius 1 is 1.10 bits per heavy atom. The molecule has 0 amide bonds. The molecule has 4 heteroatoms. The highest BCUT2D eigenvalue weighted by Gasteiger charge is 2.38. The molecule has 20 heavy (non-hydrogen) atoms. The van der Waals surface area contributed by atoms with Gasteiger partial charge in [0.05, 0.1) is 21.8 Å². The molecular weight excluding hydrogens is 293 g/mol. The number of morpholine rings is 1. The minimum Gasteiger partial charge on any atom is -0.364 e. The summed E-state index contributed by atoms with van der Waals surface area (Å²) < 4.78 is 6.51. The number of hydrogen-bond acceptors (Lipinski definition) is 2. The van der Waals surface area contributed by atoms with Gasteiger partial charge in [-0.2, -0.15) is 0 Å². The average Bonchev–Trinajstić information content (AvgIpc) is 2.68. The Bertz CT molecular complexity index is 470. The van der Waals surface area contributed by atoms with Crippen LogP contribution in [0.15, 0.2) is 18.2 Å². The van der Waals surface area contributed by atoms with Crippen LogP contribution in [-0.4, -0.2) is 18.7 Å². The van der Waals surface area contributed by atoms with Gasteiger partial charge in [0.2, 0.25) is 0 Å². The highest BCUT2D eigenvalue weighted by molar-refractivity contribution is 6.42. The third-order valence-corrected chi connectivity index (χ3v) is 5.35. The van der Waals surface area contributed by atoms with E-state index >= 15 is 0 Å². The zero-order valence-electron chi connectivity index (χ0n) is 11.6. The summed E-state index contributed by atoms with van der Waals surface area (Å²) in [4.78, 5) is 0. The van der Waals surface area contributed by atoms with Crippen LogP contribution in [-0.2, 0) is 4.74 Å². The molecule has 0 radical (unpaired) electrons. The predicted molar refractivity (Wildman–Crippen MR) is 83.6 cm³/mol. The van der Waals surface area contributed by atoms with Crippen LogP contribution in [0.2, 0.25) is 10.0 Å². The Labute approximate surface area is 130 Å². The van der Waals surface area contributed by atoms with Gasteiger partial charge in [-0.05, 0) is 18.9 Å². The van der Waals surface area contributed by atoms with Crippen molar-refractivity contribution in [3.8, 4) is 0 Å². The first kappa shape index (κ1) is 14.6. The molecule has 1 N–H and O–H groups in total. The molecule has 2 fully saturated rings. The van der Waals surface area contributed by atoms with E-state index in [0.29, 0.717) is 10.0 Å². The first-order chi connectivity index (χ1) is 9.70. The van der Waals surface area contributed by atoms with Crippen molar-refractivity contribution in [3.05, 3.63) is 33.8 Å². The maximum atomic E-state index is 6.51. The molecular formula is C16H21Cl2NO. The summed E-state index contributed by atoms with van der Waals surface area (Å²) in [5.74, 6) is 0. The van der Waals surface area contributed by atoms with Crippen molar-refractivity contribution in [1.82, 2.24) is 5.32 Å². The summed E-state index contributed by atoms with van der Waals surface area (Å²) in [6.07, 6.45) is 7.48. The summed E-state index contributed by atoms with van der Waals surface area (Å²) in [7, 11) is 0. The monoisotopic (exact) mass is 313 g/mol. The van der Waals surface area contributed by atoms with Gasteiger partial charge in [0.25, 0.3) is 0 Å². The van der Waals surface area contributed by atoms with Gasteiger partial charge >= 0.3 is 0 Å². The van der Waals surface area contributed by atoms with E-state index in [9.17, 15) is 0 Å². The highest BCUT2D eigenvalue weighted by atomic mass is 35.5. The van der Waals surface area contributed by atoms with Crippen molar-refractivity contribution < 1.29 is 4.74 Å².